The van der Waals surface area contributed by atoms with Crippen LogP contribution < -0.4 is 10.1 Å². The molecule has 0 unspecified atom stereocenters. The molecule has 0 saturated heterocycles. The van der Waals surface area contributed by atoms with Crippen LogP contribution in [0.5, 0.6) is 5.75 Å². The molecule has 1 N–H and O–H groups in total. The molecule has 118 valence electrons. The number of carbonyl (C=O) groups is 1. The molecule has 0 saturated carbocycles. The largest absolute Gasteiger partial charge is 0.497 e. The number of benzene rings is 1. The fourth-order valence-electron chi connectivity index (χ4n) is 2.31. The monoisotopic (exact) mass is 373 g/mol. The van der Waals surface area contributed by atoms with Gasteiger partial charge in [0.05, 0.1) is 12.8 Å². The molecule has 2 heterocycles. The average Bonchev–Trinajstić information content (AvgIpc) is 2.96. The number of halogens is 1. The summed E-state index contributed by atoms with van der Waals surface area (Å²) in [5.74, 6) is 0.555. The van der Waals surface area contributed by atoms with E-state index >= 15 is 0 Å². The van der Waals surface area contributed by atoms with Crippen LogP contribution >= 0.6 is 15.9 Å². The topological polar surface area (TPSA) is 55.6 Å². The van der Waals surface area contributed by atoms with Crippen molar-refractivity contribution < 1.29 is 9.53 Å². The predicted octanol–water partition coefficient (Wildman–Crippen LogP) is 3.08. The zero-order valence-electron chi connectivity index (χ0n) is 12.6. The summed E-state index contributed by atoms with van der Waals surface area (Å²) < 4.78 is 8.09. The van der Waals surface area contributed by atoms with Crippen LogP contribution in [0.25, 0.3) is 5.65 Å². The molecule has 0 fully saturated rings. The molecule has 0 atom stereocenters. The summed E-state index contributed by atoms with van der Waals surface area (Å²) in [6.45, 7) is 0.529. The summed E-state index contributed by atoms with van der Waals surface area (Å²) in [5, 5.41) is 2.90. The lowest BCUT2D eigenvalue weighted by Crippen LogP contribution is -2.25. The van der Waals surface area contributed by atoms with E-state index in [-0.39, 0.29) is 5.91 Å². The number of methoxy groups -OCH3 is 1. The number of fused-ring (bicyclic) bond motifs is 1. The highest BCUT2D eigenvalue weighted by atomic mass is 79.9. The van der Waals surface area contributed by atoms with Crippen LogP contribution in [-0.4, -0.2) is 28.9 Å². The molecule has 0 spiro atoms. The van der Waals surface area contributed by atoms with E-state index in [0.29, 0.717) is 24.3 Å². The molecule has 0 aliphatic carbocycles. The Kier molecular flexibility index (Phi) is 4.62. The van der Waals surface area contributed by atoms with Crippen LogP contribution in [0.4, 0.5) is 0 Å². The van der Waals surface area contributed by atoms with Gasteiger partial charge in [-0.05, 0) is 46.3 Å². The summed E-state index contributed by atoms with van der Waals surface area (Å²) in [6.07, 6.45) is 4.60. The highest BCUT2D eigenvalue weighted by molar-refractivity contribution is 9.10. The van der Waals surface area contributed by atoms with Gasteiger partial charge in [-0.15, -0.1) is 0 Å². The van der Waals surface area contributed by atoms with Gasteiger partial charge in [0.1, 0.15) is 11.4 Å². The lowest BCUT2D eigenvalue weighted by atomic mass is 10.2. The van der Waals surface area contributed by atoms with Gasteiger partial charge in [0.15, 0.2) is 0 Å². The van der Waals surface area contributed by atoms with Crippen LogP contribution in [0, 0.1) is 0 Å². The molecule has 0 aliphatic rings. The standard InChI is InChI=1S/C17H16BrN3O2/c1-23-15-4-2-3-12(9-15)17(22)19-8-7-14-11-21-10-13(18)5-6-16(21)20-14/h2-6,9-11H,7-8H2,1H3,(H,19,22). The Morgan fingerprint density at radius 3 is 3.00 bits per heavy atom. The number of ether oxygens (including phenoxy) is 1. The second-order valence-electron chi connectivity index (χ2n) is 5.08. The first-order chi connectivity index (χ1) is 11.2. The zero-order valence-corrected chi connectivity index (χ0v) is 14.2. The van der Waals surface area contributed by atoms with Gasteiger partial charge in [-0.25, -0.2) is 4.98 Å². The van der Waals surface area contributed by atoms with Crippen LogP contribution in [0.2, 0.25) is 0 Å². The van der Waals surface area contributed by atoms with E-state index in [4.69, 9.17) is 4.74 Å². The molecule has 1 aromatic carbocycles. The molecular formula is C17H16BrN3O2. The van der Waals surface area contributed by atoms with Crippen LogP contribution in [0.3, 0.4) is 0 Å². The van der Waals surface area contributed by atoms with E-state index in [1.165, 1.54) is 0 Å². The SMILES string of the molecule is COc1cccc(C(=O)NCCc2cn3cc(Br)ccc3n2)c1. The highest BCUT2D eigenvalue weighted by Gasteiger charge is 2.07. The van der Waals surface area contributed by atoms with Crippen molar-refractivity contribution in [3.63, 3.8) is 0 Å². The molecule has 2 aromatic heterocycles. The second kappa shape index (κ2) is 6.83. The molecule has 0 bridgehead atoms. The number of imidazole rings is 1. The van der Waals surface area contributed by atoms with E-state index in [0.717, 1.165) is 15.8 Å². The molecular weight excluding hydrogens is 358 g/mol. The van der Waals surface area contributed by atoms with E-state index < -0.39 is 0 Å². The summed E-state index contributed by atoms with van der Waals surface area (Å²) in [6, 6.07) is 11.0. The maximum absolute atomic E-state index is 12.1. The van der Waals surface area contributed by atoms with Gasteiger partial charge in [0, 0.05) is 35.4 Å². The van der Waals surface area contributed by atoms with Crippen molar-refractivity contribution in [2.45, 2.75) is 6.42 Å². The Balaban J connectivity index is 1.60. The molecule has 23 heavy (non-hydrogen) atoms. The normalized spacial score (nSPS) is 10.7. The van der Waals surface area contributed by atoms with Gasteiger partial charge in [0.2, 0.25) is 0 Å². The number of carbonyl (C=O) groups excluding carboxylic acids is 1. The van der Waals surface area contributed by atoms with Crippen molar-refractivity contribution in [1.82, 2.24) is 14.7 Å². The smallest absolute Gasteiger partial charge is 0.251 e. The molecule has 3 aromatic rings. The Hall–Kier alpha value is -2.34. The van der Waals surface area contributed by atoms with Crippen LogP contribution in [0.15, 0.2) is 53.3 Å². The molecule has 0 aliphatic heterocycles. The number of hydrogen-bond donors (Lipinski definition) is 1. The number of nitrogens with one attached hydrogen (secondary N) is 1. The Morgan fingerprint density at radius 2 is 2.17 bits per heavy atom. The van der Waals surface area contributed by atoms with Crippen molar-refractivity contribution >= 4 is 27.5 Å². The lowest BCUT2D eigenvalue weighted by Gasteiger charge is -2.05. The lowest BCUT2D eigenvalue weighted by molar-refractivity contribution is 0.0953. The van der Waals surface area contributed by atoms with Crippen molar-refractivity contribution in [2.24, 2.45) is 0 Å². The number of aromatic nitrogens is 2. The molecule has 0 radical (unpaired) electrons. The number of rotatable bonds is 5. The van der Waals surface area contributed by atoms with Gasteiger partial charge in [-0.3, -0.25) is 4.79 Å². The van der Waals surface area contributed by atoms with E-state index in [2.05, 4.69) is 26.2 Å². The van der Waals surface area contributed by atoms with E-state index in [9.17, 15) is 4.79 Å². The average molecular weight is 374 g/mol. The highest BCUT2D eigenvalue weighted by Crippen LogP contribution is 2.13. The summed E-state index contributed by atoms with van der Waals surface area (Å²) >= 11 is 3.44. The third-order valence-electron chi connectivity index (χ3n) is 3.46. The molecule has 5 nitrogen and oxygen atoms in total. The van der Waals surface area contributed by atoms with Crippen molar-refractivity contribution in [2.75, 3.05) is 13.7 Å². The number of amides is 1. The van der Waals surface area contributed by atoms with E-state index in [1.54, 1.807) is 25.3 Å². The minimum Gasteiger partial charge on any atom is -0.497 e. The fourth-order valence-corrected chi connectivity index (χ4v) is 2.66. The Morgan fingerprint density at radius 1 is 1.30 bits per heavy atom. The number of nitrogens with zero attached hydrogens (tertiary/aromatic N) is 2. The van der Waals surface area contributed by atoms with Crippen LogP contribution in [-0.2, 0) is 6.42 Å². The maximum atomic E-state index is 12.1. The first kappa shape index (κ1) is 15.6. The fraction of sp³-hybridized carbons (Fsp3) is 0.176. The van der Waals surface area contributed by atoms with Gasteiger partial charge in [0.25, 0.3) is 5.91 Å². The molecule has 6 heteroatoms. The molecule has 3 rings (SSSR count). The third kappa shape index (κ3) is 3.71. The summed E-state index contributed by atoms with van der Waals surface area (Å²) in [5.41, 5.74) is 2.42. The van der Waals surface area contributed by atoms with E-state index in [1.807, 2.05) is 35.0 Å². The number of hydrogen-bond acceptors (Lipinski definition) is 3. The van der Waals surface area contributed by atoms with Crippen LogP contribution in [0.1, 0.15) is 16.1 Å². The number of pyridine rings is 1. The van der Waals surface area contributed by atoms with Gasteiger partial charge < -0.3 is 14.5 Å². The first-order valence-electron chi connectivity index (χ1n) is 7.21. The summed E-state index contributed by atoms with van der Waals surface area (Å²) in [4.78, 5) is 16.6. The van der Waals surface area contributed by atoms with Crippen molar-refractivity contribution in [1.29, 1.82) is 0 Å². The van der Waals surface area contributed by atoms with Gasteiger partial charge >= 0.3 is 0 Å². The first-order valence-corrected chi connectivity index (χ1v) is 8.00. The van der Waals surface area contributed by atoms with Gasteiger partial charge in [-0.1, -0.05) is 6.07 Å². The zero-order chi connectivity index (χ0) is 16.2. The minimum absolute atomic E-state index is 0.115. The maximum Gasteiger partial charge on any atom is 0.251 e. The quantitative estimate of drug-likeness (QED) is 0.747. The predicted molar refractivity (Wildman–Crippen MR) is 91.9 cm³/mol. The minimum atomic E-state index is -0.115. The Labute approximate surface area is 142 Å². The van der Waals surface area contributed by atoms with Crippen molar-refractivity contribution in [3.8, 4) is 5.75 Å². The second-order valence-corrected chi connectivity index (χ2v) is 6.00. The summed E-state index contributed by atoms with van der Waals surface area (Å²) in [7, 11) is 1.58. The van der Waals surface area contributed by atoms with Crippen molar-refractivity contribution in [3.05, 3.63) is 64.5 Å². The molecule has 1 amide bonds. The third-order valence-corrected chi connectivity index (χ3v) is 3.93. The Bertz CT molecular complexity index is 845. The van der Waals surface area contributed by atoms with Gasteiger partial charge in [-0.2, -0.15) is 0 Å².